The molecule has 1 N–H and O–H groups in total. The number of rotatable bonds is 8. The normalized spacial score (nSPS) is 12.5. The van der Waals surface area contributed by atoms with Gasteiger partial charge in [0.25, 0.3) is 0 Å². The summed E-state index contributed by atoms with van der Waals surface area (Å²) in [6.45, 7) is 3.63. The fourth-order valence-electron chi connectivity index (χ4n) is 2.00. The van der Waals surface area contributed by atoms with Crippen molar-refractivity contribution in [2.24, 2.45) is 0 Å². The molecular weight excluding hydrogens is 276 g/mol. The van der Waals surface area contributed by atoms with Gasteiger partial charge in [-0.05, 0) is 49.7 Å². The maximum atomic E-state index is 13.1. The smallest absolute Gasteiger partial charge is 0.129 e. The molecule has 1 atom stereocenters. The number of ether oxygens (including phenoxy) is 1. The van der Waals surface area contributed by atoms with Gasteiger partial charge >= 0.3 is 0 Å². The number of nitrogens with one attached hydrogen (secondary N) is 1. The lowest BCUT2D eigenvalue weighted by Gasteiger charge is -2.14. The van der Waals surface area contributed by atoms with Crippen molar-refractivity contribution in [3.8, 4) is 0 Å². The van der Waals surface area contributed by atoms with Gasteiger partial charge in [-0.25, -0.2) is 8.78 Å². The van der Waals surface area contributed by atoms with E-state index in [1.165, 1.54) is 12.1 Å². The summed E-state index contributed by atoms with van der Waals surface area (Å²) in [5, 5.41) is 3.21. The maximum absolute atomic E-state index is 13.1. The molecule has 0 amide bonds. The van der Waals surface area contributed by atoms with E-state index in [1.54, 1.807) is 6.26 Å². The molecule has 0 aliphatic rings. The third kappa shape index (κ3) is 5.28. The zero-order chi connectivity index (χ0) is 15.1. The second kappa shape index (κ2) is 7.90. The Morgan fingerprint density at radius 3 is 2.67 bits per heavy atom. The second-order valence-electron chi connectivity index (χ2n) is 4.86. The highest BCUT2D eigenvalue weighted by Crippen LogP contribution is 2.15. The van der Waals surface area contributed by atoms with Crippen LogP contribution < -0.4 is 5.32 Å². The Hall–Kier alpha value is -1.72. The Morgan fingerprint density at radius 1 is 1.24 bits per heavy atom. The summed E-state index contributed by atoms with van der Waals surface area (Å²) in [4.78, 5) is 0. The van der Waals surface area contributed by atoms with Crippen LogP contribution in [-0.2, 0) is 11.3 Å². The minimum Gasteiger partial charge on any atom is -0.467 e. The molecule has 21 heavy (non-hydrogen) atoms. The summed E-state index contributed by atoms with van der Waals surface area (Å²) in [6.07, 6.45) is 2.42. The van der Waals surface area contributed by atoms with Gasteiger partial charge in [-0.15, -0.1) is 0 Å². The van der Waals surface area contributed by atoms with Crippen LogP contribution in [0.1, 0.15) is 30.7 Å². The molecule has 0 aliphatic heterocycles. The SMILES string of the molecule is CC(NCCCOCc1ccco1)c1cc(F)cc(F)c1. The average molecular weight is 295 g/mol. The zero-order valence-corrected chi connectivity index (χ0v) is 11.9. The first-order valence-electron chi connectivity index (χ1n) is 6.94. The largest absolute Gasteiger partial charge is 0.467 e. The van der Waals surface area contributed by atoms with E-state index in [2.05, 4.69) is 5.32 Å². The van der Waals surface area contributed by atoms with Gasteiger partial charge in [0, 0.05) is 18.7 Å². The second-order valence-corrected chi connectivity index (χ2v) is 4.86. The molecular formula is C16H19F2NO2. The van der Waals surface area contributed by atoms with Gasteiger partial charge in [-0.2, -0.15) is 0 Å². The van der Waals surface area contributed by atoms with Gasteiger partial charge < -0.3 is 14.5 Å². The highest BCUT2D eigenvalue weighted by molar-refractivity contribution is 5.20. The Balaban J connectivity index is 1.63. The van der Waals surface area contributed by atoms with Crippen LogP contribution in [0.5, 0.6) is 0 Å². The van der Waals surface area contributed by atoms with Gasteiger partial charge in [0.2, 0.25) is 0 Å². The Morgan fingerprint density at radius 2 is 2.00 bits per heavy atom. The molecule has 3 nitrogen and oxygen atoms in total. The maximum Gasteiger partial charge on any atom is 0.129 e. The molecule has 0 bridgehead atoms. The molecule has 0 fully saturated rings. The lowest BCUT2D eigenvalue weighted by atomic mass is 10.1. The first kappa shape index (κ1) is 15.7. The number of benzene rings is 1. The monoisotopic (exact) mass is 295 g/mol. The zero-order valence-electron chi connectivity index (χ0n) is 11.9. The summed E-state index contributed by atoms with van der Waals surface area (Å²) >= 11 is 0. The van der Waals surface area contributed by atoms with Crippen LogP contribution in [0.2, 0.25) is 0 Å². The van der Waals surface area contributed by atoms with Gasteiger partial charge in [0.1, 0.15) is 24.0 Å². The van der Waals surface area contributed by atoms with Crippen molar-refractivity contribution in [1.82, 2.24) is 5.32 Å². The third-order valence-electron chi connectivity index (χ3n) is 3.13. The van der Waals surface area contributed by atoms with E-state index >= 15 is 0 Å². The molecule has 5 heteroatoms. The molecule has 0 spiro atoms. The first-order chi connectivity index (χ1) is 10.1. The molecule has 2 rings (SSSR count). The van der Waals surface area contributed by atoms with Crippen LogP contribution in [0.25, 0.3) is 0 Å². The number of furan rings is 1. The van der Waals surface area contributed by atoms with Gasteiger partial charge in [0.15, 0.2) is 0 Å². The third-order valence-corrected chi connectivity index (χ3v) is 3.13. The Bertz CT molecular complexity index is 523. The van der Waals surface area contributed by atoms with Gasteiger partial charge in [-0.3, -0.25) is 0 Å². The van der Waals surface area contributed by atoms with Crippen molar-refractivity contribution in [3.63, 3.8) is 0 Å². The van der Waals surface area contributed by atoms with E-state index in [0.29, 0.717) is 25.3 Å². The highest BCUT2D eigenvalue weighted by atomic mass is 19.1. The summed E-state index contributed by atoms with van der Waals surface area (Å²) in [6, 6.07) is 7.13. The summed E-state index contributed by atoms with van der Waals surface area (Å²) in [5.41, 5.74) is 0.601. The van der Waals surface area contributed by atoms with Crippen LogP contribution in [0.3, 0.4) is 0 Å². The minimum atomic E-state index is -0.555. The van der Waals surface area contributed by atoms with E-state index < -0.39 is 11.6 Å². The molecule has 2 aromatic rings. The van der Waals surface area contributed by atoms with Crippen molar-refractivity contribution in [1.29, 1.82) is 0 Å². The lowest BCUT2D eigenvalue weighted by molar-refractivity contribution is 0.104. The number of halogens is 2. The van der Waals surface area contributed by atoms with Crippen molar-refractivity contribution in [3.05, 3.63) is 59.6 Å². The molecule has 1 aromatic carbocycles. The Kier molecular flexibility index (Phi) is 5.90. The fraction of sp³-hybridized carbons (Fsp3) is 0.375. The molecule has 1 unspecified atom stereocenters. The van der Waals surface area contributed by atoms with Crippen molar-refractivity contribution < 1.29 is 17.9 Å². The number of hydrogen-bond acceptors (Lipinski definition) is 3. The van der Waals surface area contributed by atoms with E-state index in [4.69, 9.17) is 9.15 Å². The van der Waals surface area contributed by atoms with Crippen LogP contribution in [0.4, 0.5) is 8.78 Å². The Labute approximate surface area is 122 Å². The van der Waals surface area contributed by atoms with E-state index in [0.717, 1.165) is 18.2 Å². The van der Waals surface area contributed by atoms with Crippen molar-refractivity contribution in [2.45, 2.75) is 26.0 Å². The molecule has 0 saturated heterocycles. The van der Waals surface area contributed by atoms with Crippen LogP contribution in [0.15, 0.2) is 41.0 Å². The molecule has 0 saturated carbocycles. The molecule has 1 aromatic heterocycles. The summed E-state index contributed by atoms with van der Waals surface area (Å²) in [7, 11) is 0. The highest BCUT2D eigenvalue weighted by Gasteiger charge is 2.07. The van der Waals surface area contributed by atoms with Crippen LogP contribution in [0, 0.1) is 11.6 Å². The lowest BCUT2D eigenvalue weighted by Crippen LogP contribution is -2.21. The molecule has 114 valence electrons. The van der Waals surface area contributed by atoms with Gasteiger partial charge in [-0.1, -0.05) is 0 Å². The standard InChI is InChI=1S/C16H19F2NO2/c1-12(13-8-14(17)10-15(18)9-13)19-5-3-6-20-11-16-4-2-7-21-16/h2,4,7-10,12,19H,3,5-6,11H2,1H3. The van der Waals surface area contributed by atoms with Crippen LogP contribution >= 0.6 is 0 Å². The van der Waals surface area contributed by atoms with Gasteiger partial charge in [0.05, 0.1) is 6.26 Å². The predicted molar refractivity (Wildman–Crippen MR) is 75.8 cm³/mol. The predicted octanol–water partition coefficient (Wildman–Crippen LogP) is 3.82. The van der Waals surface area contributed by atoms with E-state index in [9.17, 15) is 8.78 Å². The molecule has 1 heterocycles. The van der Waals surface area contributed by atoms with E-state index in [1.807, 2.05) is 19.1 Å². The average Bonchev–Trinajstić information content (AvgIpc) is 2.94. The summed E-state index contributed by atoms with van der Waals surface area (Å²) in [5.74, 6) is -0.313. The van der Waals surface area contributed by atoms with Crippen LogP contribution in [-0.4, -0.2) is 13.2 Å². The van der Waals surface area contributed by atoms with Crippen molar-refractivity contribution >= 4 is 0 Å². The van der Waals surface area contributed by atoms with Crippen molar-refractivity contribution in [2.75, 3.05) is 13.2 Å². The van der Waals surface area contributed by atoms with E-state index in [-0.39, 0.29) is 6.04 Å². The molecule has 0 radical (unpaired) electrons. The minimum absolute atomic E-state index is 0.111. The summed E-state index contributed by atoms with van der Waals surface area (Å²) < 4.78 is 36.8. The number of hydrogen-bond donors (Lipinski definition) is 1. The molecule has 0 aliphatic carbocycles. The topological polar surface area (TPSA) is 34.4 Å². The fourth-order valence-corrected chi connectivity index (χ4v) is 2.00. The quantitative estimate of drug-likeness (QED) is 0.752. The first-order valence-corrected chi connectivity index (χ1v) is 6.94.